The van der Waals surface area contributed by atoms with Crippen LogP contribution >= 0.6 is 0 Å². The van der Waals surface area contributed by atoms with Gasteiger partial charge in [-0.2, -0.15) is 0 Å². The molecule has 34 heavy (non-hydrogen) atoms. The highest BCUT2D eigenvalue weighted by atomic mass is 19.1. The fourth-order valence-corrected chi connectivity index (χ4v) is 4.28. The van der Waals surface area contributed by atoms with Gasteiger partial charge in [0.15, 0.2) is 0 Å². The quantitative estimate of drug-likeness (QED) is 0.598. The van der Waals surface area contributed by atoms with E-state index in [9.17, 15) is 23.9 Å². The van der Waals surface area contributed by atoms with E-state index in [0.717, 1.165) is 18.9 Å². The molecule has 0 radical (unpaired) electrons. The number of rotatable bonds is 5. The van der Waals surface area contributed by atoms with Gasteiger partial charge in [0, 0.05) is 49.4 Å². The van der Waals surface area contributed by atoms with E-state index in [1.165, 1.54) is 30.5 Å². The molecule has 2 aliphatic rings. The van der Waals surface area contributed by atoms with Crippen LogP contribution in [0.5, 0.6) is 0 Å². The van der Waals surface area contributed by atoms with Crippen molar-refractivity contribution in [1.29, 1.82) is 0 Å². The van der Waals surface area contributed by atoms with Crippen molar-refractivity contribution in [3.63, 3.8) is 0 Å². The number of carboxylic acid groups (broad SMARTS) is 1. The number of hydrogen-bond acceptors (Lipinski definition) is 5. The number of benzene rings is 2. The summed E-state index contributed by atoms with van der Waals surface area (Å²) in [7, 11) is 0. The highest BCUT2D eigenvalue weighted by Gasteiger charge is 2.28. The fraction of sp³-hybridized carbons (Fsp3) is 0.292. The molecule has 10 heteroatoms. The van der Waals surface area contributed by atoms with Crippen LogP contribution in [-0.2, 0) is 0 Å². The van der Waals surface area contributed by atoms with Gasteiger partial charge in [-0.05, 0) is 49.2 Å². The van der Waals surface area contributed by atoms with Crippen LogP contribution < -0.4 is 15.8 Å². The lowest BCUT2D eigenvalue weighted by Crippen LogP contribution is -2.53. The lowest BCUT2D eigenvalue weighted by molar-refractivity contribution is 0.0694. The zero-order chi connectivity index (χ0) is 24.0. The van der Waals surface area contributed by atoms with Crippen LogP contribution in [0.3, 0.4) is 0 Å². The van der Waals surface area contributed by atoms with Crippen LogP contribution in [0.1, 0.15) is 39.6 Å². The minimum absolute atomic E-state index is 0.0539. The molecule has 1 aromatic heterocycles. The molecule has 8 nitrogen and oxygen atoms in total. The first kappa shape index (κ1) is 22.0. The van der Waals surface area contributed by atoms with Crippen molar-refractivity contribution in [3.05, 3.63) is 75.6 Å². The second-order valence-electron chi connectivity index (χ2n) is 8.56. The fourth-order valence-electron chi connectivity index (χ4n) is 4.28. The number of halogens is 2. The number of aromatic carboxylic acids is 1. The molecule has 0 unspecified atom stereocenters. The summed E-state index contributed by atoms with van der Waals surface area (Å²) in [6.45, 7) is 1.70. The molecular weight excluding hydrogens is 446 g/mol. The lowest BCUT2D eigenvalue weighted by Gasteiger charge is -2.36. The van der Waals surface area contributed by atoms with E-state index < -0.39 is 23.0 Å². The molecule has 0 spiro atoms. The number of nitrogens with zero attached hydrogens (tertiary/aromatic N) is 3. The van der Waals surface area contributed by atoms with E-state index in [-0.39, 0.29) is 22.9 Å². The third kappa shape index (κ3) is 4.12. The number of anilines is 1. The van der Waals surface area contributed by atoms with Crippen LogP contribution in [0.15, 0.2) is 47.4 Å². The van der Waals surface area contributed by atoms with Gasteiger partial charge < -0.3 is 14.6 Å². The number of amides is 1. The van der Waals surface area contributed by atoms with Gasteiger partial charge in [0.05, 0.1) is 11.2 Å². The molecule has 0 bridgehead atoms. The van der Waals surface area contributed by atoms with Gasteiger partial charge in [-0.3, -0.25) is 15.0 Å². The number of hydrogen-bond donors (Lipinski definition) is 2. The Bertz CT molecular complexity index is 1340. The zero-order valence-corrected chi connectivity index (χ0v) is 18.1. The average Bonchev–Trinajstić information content (AvgIpc) is 3.65. The molecule has 5 rings (SSSR count). The van der Waals surface area contributed by atoms with E-state index in [4.69, 9.17) is 0 Å². The van der Waals surface area contributed by atoms with Gasteiger partial charge in [-0.1, -0.05) is 0 Å². The Kier molecular flexibility index (Phi) is 5.52. The van der Waals surface area contributed by atoms with Crippen LogP contribution in [0.25, 0.3) is 10.9 Å². The summed E-state index contributed by atoms with van der Waals surface area (Å²) in [6.07, 6.45) is 3.10. The third-order valence-corrected chi connectivity index (χ3v) is 6.26. The summed E-state index contributed by atoms with van der Waals surface area (Å²) >= 11 is 0. The Balaban J connectivity index is 1.36. The van der Waals surface area contributed by atoms with Crippen molar-refractivity contribution in [2.45, 2.75) is 18.9 Å². The molecular formula is C24H22F2N4O4. The molecule has 1 saturated carbocycles. The molecule has 1 aliphatic carbocycles. The smallest absolute Gasteiger partial charge is 0.341 e. The minimum Gasteiger partial charge on any atom is -0.477 e. The summed E-state index contributed by atoms with van der Waals surface area (Å²) in [6, 6.07) is 8.08. The van der Waals surface area contributed by atoms with Crippen molar-refractivity contribution in [1.82, 2.24) is 15.0 Å². The van der Waals surface area contributed by atoms with Gasteiger partial charge >= 0.3 is 5.97 Å². The molecule has 2 aromatic carbocycles. The van der Waals surface area contributed by atoms with E-state index in [1.54, 1.807) is 15.6 Å². The second kappa shape index (κ2) is 8.53. The number of pyridine rings is 1. The van der Waals surface area contributed by atoms with Crippen molar-refractivity contribution >= 4 is 28.5 Å². The normalized spacial score (nSPS) is 16.6. The highest BCUT2D eigenvalue weighted by Crippen LogP contribution is 2.38. The Labute approximate surface area is 193 Å². The summed E-state index contributed by atoms with van der Waals surface area (Å²) in [5.74, 6) is -2.70. The topological polar surface area (TPSA) is 94.9 Å². The molecule has 2 N–H and O–H groups in total. The maximum Gasteiger partial charge on any atom is 0.341 e. The van der Waals surface area contributed by atoms with E-state index in [1.807, 2.05) is 4.90 Å². The summed E-state index contributed by atoms with van der Waals surface area (Å²) in [5.41, 5.74) is 2.90. The Hall–Kier alpha value is -3.79. The zero-order valence-electron chi connectivity index (χ0n) is 18.1. The van der Waals surface area contributed by atoms with Gasteiger partial charge in [0.2, 0.25) is 5.43 Å². The molecule has 2 heterocycles. The van der Waals surface area contributed by atoms with Gasteiger partial charge in [-0.15, -0.1) is 0 Å². The maximum atomic E-state index is 15.1. The van der Waals surface area contributed by atoms with E-state index in [2.05, 4.69) is 5.43 Å². The Morgan fingerprint density at radius 1 is 1.00 bits per heavy atom. The number of aromatic nitrogens is 1. The molecule has 176 valence electrons. The van der Waals surface area contributed by atoms with Crippen molar-refractivity contribution in [3.8, 4) is 0 Å². The summed E-state index contributed by atoms with van der Waals surface area (Å²) in [5, 5.41) is 11.2. The highest BCUT2D eigenvalue weighted by molar-refractivity contribution is 5.94. The number of fused-ring (bicyclic) bond motifs is 1. The Morgan fingerprint density at radius 3 is 2.29 bits per heavy atom. The largest absolute Gasteiger partial charge is 0.477 e. The average molecular weight is 468 g/mol. The number of hydrazine groups is 1. The Morgan fingerprint density at radius 2 is 1.68 bits per heavy atom. The predicted octanol–water partition coefficient (Wildman–Crippen LogP) is 2.78. The van der Waals surface area contributed by atoms with Gasteiger partial charge in [-0.25, -0.2) is 18.6 Å². The third-order valence-electron chi connectivity index (χ3n) is 6.26. The van der Waals surface area contributed by atoms with Crippen LogP contribution in [0.4, 0.5) is 14.5 Å². The van der Waals surface area contributed by atoms with Crippen LogP contribution in [-0.4, -0.2) is 52.7 Å². The molecule has 0 atom stereocenters. The number of piperazine rings is 1. The summed E-state index contributed by atoms with van der Waals surface area (Å²) in [4.78, 5) is 38.4. The number of carbonyl (C=O) groups is 2. The standard InChI is InChI=1S/C24H22F2N4O4/c25-15-3-1-14(2-4-15)23(32)27-29-9-7-28(8-10-29)21-12-20-17(11-19(21)26)22(31)18(24(33)34)13-30(20)16-5-6-16/h1-4,11-13,16H,5-10H2,(H,27,32)(H,33,34). The number of nitrogens with one attached hydrogen (secondary N) is 1. The van der Waals surface area contributed by atoms with Gasteiger partial charge in [0.25, 0.3) is 5.91 Å². The van der Waals surface area contributed by atoms with Crippen LogP contribution in [0, 0.1) is 11.6 Å². The first-order valence-electron chi connectivity index (χ1n) is 11.0. The monoisotopic (exact) mass is 468 g/mol. The molecule has 2 fully saturated rings. The first-order valence-corrected chi connectivity index (χ1v) is 11.0. The number of carbonyl (C=O) groups excluding carboxylic acids is 1. The second-order valence-corrected chi connectivity index (χ2v) is 8.56. The van der Waals surface area contributed by atoms with Crippen molar-refractivity contribution in [2.24, 2.45) is 0 Å². The minimum atomic E-state index is -1.33. The molecule has 1 amide bonds. The lowest BCUT2D eigenvalue weighted by atomic mass is 10.1. The van der Waals surface area contributed by atoms with Crippen LogP contribution in [0.2, 0.25) is 0 Å². The van der Waals surface area contributed by atoms with Crippen molar-refractivity contribution in [2.75, 3.05) is 31.1 Å². The first-order chi connectivity index (χ1) is 16.3. The predicted molar refractivity (Wildman–Crippen MR) is 121 cm³/mol. The molecule has 1 saturated heterocycles. The van der Waals surface area contributed by atoms with E-state index in [0.29, 0.717) is 42.9 Å². The maximum absolute atomic E-state index is 15.1. The SMILES string of the molecule is O=C(NN1CCN(c2cc3c(cc2F)c(=O)c(C(=O)O)cn3C2CC2)CC1)c1ccc(F)cc1. The van der Waals surface area contributed by atoms with Gasteiger partial charge in [0.1, 0.15) is 17.2 Å². The number of carboxylic acids is 1. The van der Waals surface area contributed by atoms with E-state index >= 15 is 4.39 Å². The summed E-state index contributed by atoms with van der Waals surface area (Å²) < 4.78 is 29.9. The molecule has 3 aromatic rings. The van der Waals surface area contributed by atoms with Crippen molar-refractivity contribution < 1.29 is 23.5 Å². The molecule has 1 aliphatic heterocycles.